The highest BCUT2D eigenvalue weighted by atomic mass is 16.5. The molecule has 10 nitrogen and oxygen atoms in total. The van der Waals surface area contributed by atoms with Crippen molar-refractivity contribution in [2.45, 2.75) is 6.92 Å². The van der Waals surface area contributed by atoms with Gasteiger partial charge in [-0.05, 0) is 55.5 Å². The van der Waals surface area contributed by atoms with Crippen molar-refractivity contribution in [1.29, 1.82) is 0 Å². The Kier molecular flexibility index (Phi) is 14.2. The van der Waals surface area contributed by atoms with Gasteiger partial charge in [0.2, 0.25) is 0 Å². The molecule has 0 aromatic heterocycles. The van der Waals surface area contributed by atoms with E-state index < -0.39 is 0 Å². The molecule has 0 spiro atoms. The molecule has 10 heteroatoms. The number of nitrogens with one attached hydrogen (secondary N) is 1. The fourth-order valence-electron chi connectivity index (χ4n) is 3.08. The van der Waals surface area contributed by atoms with E-state index in [9.17, 15) is 4.79 Å². The molecule has 0 saturated carbocycles. The molecule has 0 heterocycles. The molecule has 0 aliphatic carbocycles. The number of nitrogens with two attached hydrogens (primary N) is 1. The van der Waals surface area contributed by atoms with Crippen LogP contribution in [0.5, 0.6) is 0 Å². The number of benzene rings is 2. The van der Waals surface area contributed by atoms with E-state index in [0.29, 0.717) is 70.5 Å². The van der Waals surface area contributed by atoms with E-state index in [1.807, 2.05) is 31.2 Å². The van der Waals surface area contributed by atoms with E-state index in [0.717, 1.165) is 17.9 Å². The summed E-state index contributed by atoms with van der Waals surface area (Å²) in [6.07, 6.45) is 0. The van der Waals surface area contributed by atoms with Crippen LogP contribution in [0.1, 0.15) is 17.3 Å². The number of carbonyl (C=O) groups is 1. The van der Waals surface area contributed by atoms with Crippen molar-refractivity contribution in [1.82, 2.24) is 5.32 Å². The second-order valence-electron chi connectivity index (χ2n) is 7.45. The van der Waals surface area contributed by atoms with Gasteiger partial charge in [-0.15, -0.1) is 0 Å². The number of nitrogens with zero attached hydrogens (tertiary/aromatic N) is 3. The summed E-state index contributed by atoms with van der Waals surface area (Å²) in [6.45, 7) is 7.36. The quantitative estimate of drug-likeness (QED) is 0.218. The number of amides is 1. The zero-order valence-electron chi connectivity index (χ0n) is 20.4. The standard InChI is InChI=1S/C25H37N5O5/c1-2-30(13-14-31)24-9-7-23(8-10-24)29-28-22-5-3-21(4-6-22)25(32)27-12-16-34-18-20-35-19-17-33-15-11-26/h3-10,31H,2,11-20,26H2,1H3,(H,27,32)/b29-28+. The van der Waals surface area contributed by atoms with E-state index in [1.165, 1.54) is 0 Å². The molecule has 0 aliphatic rings. The smallest absolute Gasteiger partial charge is 0.251 e. The maximum absolute atomic E-state index is 12.3. The Morgan fingerprint density at radius 1 is 0.886 bits per heavy atom. The van der Waals surface area contributed by atoms with E-state index in [2.05, 4.69) is 20.4 Å². The molecule has 0 unspecified atom stereocenters. The van der Waals surface area contributed by atoms with Crippen LogP contribution in [0.2, 0.25) is 0 Å². The monoisotopic (exact) mass is 487 g/mol. The first kappa shape index (κ1) is 28.3. The summed E-state index contributed by atoms with van der Waals surface area (Å²) in [7, 11) is 0. The number of hydrogen-bond acceptors (Lipinski definition) is 9. The summed E-state index contributed by atoms with van der Waals surface area (Å²) in [5.74, 6) is -0.177. The molecule has 0 aliphatic heterocycles. The molecule has 0 fully saturated rings. The maximum Gasteiger partial charge on any atom is 0.251 e. The third kappa shape index (κ3) is 11.4. The number of rotatable bonds is 18. The van der Waals surface area contributed by atoms with Crippen molar-refractivity contribution >= 4 is 23.0 Å². The third-order valence-electron chi connectivity index (χ3n) is 4.92. The lowest BCUT2D eigenvalue weighted by molar-refractivity contribution is 0.0166. The second-order valence-corrected chi connectivity index (χ2v) is 7.45. The summed E-state index contributed by atoms with van der Waals surface area (Å²) in [5.41, 5.74) is 8.27. The average Bonchev–Trinajstić information content (AvgIpc) is 2.89. The predicted molar refractivity (Wildman–Crippen MR) is 136 cm³/mol. The highest BCUT2D eigenvalue weighted by Crippen LogP contribution is 2.22. The van der Waals surface area contributed by atoms with Gasteiger partial charge in [-0.1, -0.05) is 0 Å². The summed E-state index contributed by atoms with van der Waals surface area (Å²) in [4.78, 5) is 14.3. The third-order valence-corrected chi connectivity index (χ3v) is 4.92. The topological polar surface area (TPSA) is 131 Å². The SMILES string of the molecule is CCN(CCO)c1ccc(/N=N/c2ccc(C(=O)NCCOCCOCCOCCN)cc2)cc1. The van der Waals surface area contributed by atoms with Crippen LogP contribution in [0.25, 0.3) is 0 Å². The van der Waals surface area contributed by atoms with E-state index in [-0.39, 0.29) is 12.5 Å². The number of ether oxygens (including phenoxy) is 3. The molecule has 2 aromatic carbocycles. The van der Waals surface area contributed by atoms with Gasteiger partial charge >= 0.3 is 0 Å². The first-order valence-electron chi connectivity index (χ1n) is 11.9. The lowest BCUT2D eigenvalue weighted by Gasteiger charge is -2.21. The summed E-state index contributed by atoms with van der Waals surface area (Å²) >= 11 is 0. The van der Waals surface area contributed by atoms with Gasteiger partial charge < -0.3 is 35.3 Å². The summed E-state index contributed by atoms with van der Waals surface area (Å²) in [6, 6.07) is 14.6. The largest absolute Gasteiger partial charge is 0.395 e. The molecule has 1 amide bonds. The fourth-order valence-corrected chi connectivity index (χ4v) is 3.08. The van der Waals surface area contributed by atoms with Crippen molar-refractivity contribution in [3.63, 3.8) is 0 Å². The Morgan fingerprint density at radius 3 is 1.97 bits per heavy atom. The normalized spacial score (nSPS) is 11.2. The molecular formula is C25H37N5O5. The van der Waals surface area contributed by atoms with Gasteiger partial charge in [0, 0.05) is 37.4 Å². The van der Waals surface area contributed by atoms with Gasteiger partial charge in [-0.2, -0.15) is 10.2 Å². The van der Waals surface area contributed by atoms with Gasteiger partial charge in [-0.3, -0.25) is 4.79 Å². The van der Waals surface area contributed by atoms with Gasteiger partial charge in [-0.25, -0.2) is 0 Å². The van der Waals surface area contributed by atoms with Crippen LogP contribution < -0.4 is 16.0 Å². The minimum atomic E-state index is -0.177. The van der Waals surface area contributed by atoms with Crippen LogP contribution in [0, 0.1) is 0 Å². The maximum atomic E-state index is 12.3. The Balaban J connectivity index is 1.66. The molecule has 35 heavy (non-hydrogen) atoms. The molecule has 0 saturated heterocycles. The number of carbonyl (C=O) groups excluding carboxylic acids is 1. The van der Waals surface area contributed by atoms with Crippen LogP contribution in [-0.4, -0.2) is 83.4 Å². The number of aliphatic hydroxyl groups excluding tert-OH is 1. The van der Waals surface area contributed by atoms with E-state index >= 15 is 0 Å². The molecule has 2 aromatic rings. The Bertz CT molecular complexity index is 862. The minimum Gasteiger partial charge on any atom is -0.395 e. The predicted octanol–water partition coefficient (Wildman–Crippen LogP) is 2.66. The van der Waals surface area contributed by atoms with Crippen molar-refractivity contribution in [2.75, 3.05) is 77.3 Å². The van der Waals surface area contributed by atoms with Gasteiger partial charge in [0.1, 0.15) is 0 Å². The van der Waals surface area contributed by atoms with Crippen LogP contribution in [0.4, 0.5) is 17.1 Å². The Hall–Kier alpha value is -2.89. The zero-order chi connectivity index (χ0) is 25.1. The van der Waals surface area contributed by atoms with Gasteiger partial charge in [0.05, 0.1) is 57.6 Å². The number of hydrogen-bond donors (Lipinski definition) is 3. The molecule has 4 N–H and O–H groups in total. The van der Waals surface area contributed by atoms with Crippen molar-refractivity contribution in [2.24, 2.45) is 16.0 Å². The molecule has 192 valence electrons. The van der Waals surface area contributed by atoms with Crippen molar-refractivity contribution < 1.29 is 24.1 Å². The number of likely N-dealkylation sites (N-methyl/N-ethyl adjacent to an activating group) is 1. The number of azo groups is 1. The highest BCUT2D eigenvalue weighted by Gasteiger charge is 2.05. The van der Waals surface area contributed by atoms with Crippen LogP contribution in [0.3, 0.4) is 0 Å². The first-order valence-corrected chi connectivity index (χ1v) is 11.9. The number of aliphatic hydroxyl groups is 1. The molecule has 0 bridgehead atoms. The van der Waals surface area contributed by atoms with E-state index in [4.69, 9.17) is 25.1 Å². The van der Waals surface area contributed by atoms with Gasteiger partial charge in [0.15, 0.2) is 0 Å². The Labute approximate surface area is 207 Å². The summed E-state index contributed by atoms with van der Waals surface area (Å²) in [5, 5.41) is 20.5. The van der Waals surface area contributed by atoms with Crippen molar-refractivity contribution in [3.8, 4) is 0 Å². The fraction of sp³-hybridized carbons (Fsp3) is 0.480. The molecular weight excluding hydrogens is 450 g/mol. The zero-order valence-corrected chi connectivity index (χ0v) is 20.4. The minimum absolute atomic E-state index is 0.111. The summed E-state index contributed by atoms with van der Waals surface area (Å²) < 4.78 is 16.0. The van der Waals surface area contributed by atoms with Crippen LogP contribution in [-0.2, 0) is 14.2 Å². The van der Waals surface area contributed by atoms with Crippen LogP contribution in [0.15, 0.2) is 58.8 Å². The Morgan fingerprint density at radius 2 is 1.43 bits per heavy atom. The molecule has 0 atom stereocenters. The first-order chi connectivity index (χ1) is 17.2. The number of anilines is 1. The van der Waals surface area contributed by atoms with Crippen molar-refractivity contribution in [3.05, 3.63) is 54.1 Å². The second kappa shape index (κ2) is 17.5. The highest BCUT2D eigenvalue weighted by molar-refractivity contribution is 5.94. The lowest BCUT2D eigenvalue weighted by Crippen LogP contribution is -2.27. The van der Waals surface area contributed by atoms with Crippen LogP contribution >= 0.6 is 0 Å². The average molecular weight is 488 g/mol. The lowest BCUT2D eigenvalue weighted by atomic mass is 10.2. The van der Waals surface area contributed by atoms with E-state index in [1.54, 1.807) is 24.3 Å². The molecule has 0 radical (unpaired) electrons. The molecule has 2 rings (SSSR count). The van der Waals surface area contributed by atoms with Gasteiger partial charge in [0.25, 0.3) is 5.91 Å².